The molecule has 0 fully saturated rings. The lowest BCUT2D eigenvalue weighted by Gasteiger charge is -2.28. The second-order valence-electron chi connectivity index (χ2n) is 7.75. The Balaban J connectivity index is 3.39. The van der Waals surface area contributed by atoms with E-state index in [0.29, 0.717) is 12.8 Å². The van der Waals surface area contributed by atoms with Gasteiger partial charge >= 0.3 is 0 Å². The molecular formula is C21H44N2O2. The zero-order valence-electron chi connectivity index (χ0n) is 17.1. The highest BCUT2D eigenvalue weighted by Gasteiger charge is 2.26. The van der Waals surface area contributed by atoms with Crippen LogP contribution in [-0.4, -0.2) is 22.8 Å². The number of carbonyl (C=O) groups is 1. The molecule has 0 aliphatic carbocycles. The molecule has 4 N–H and O–H groups in total. The second kappa shape index (κ2) is 15.6. The zero-order chi connectivity index (χ0) is 19.0. The Bertz CT molecular complexity index is 314. The molecule has 25 heavy (non-hydrogen) atoms. The Kier molecular flexibility index (Phi) is 15.2. The number of aliphatic hydroxyl groups is 1. The van der Waals surface area contributed by atoms with Gasteiger partial charge in [-0.1, -0.05) is 90.9 Å². The molecule has 2 atom stereocenters. The molecule has 0 saturated carbocycles. The fourth-order valence-electron chi connectivity index (χ4n) is 3.23. The average molecular weight is 357 g/mol. The van der Waals surface area contributed by atoms with Crippen molar-refractivity contribution in [3.63, 3.8) is 0 Å². The van der Waals surface area contributed by atoms with Crippen molar-refractivity contribution in [3.8, 4) is 0 Å². The van der Waals surface area contributed by atoms with Crippen LogP contribution in [0.25, 0.3) is 0 Å². The minimum absolute atomic E-state index is 0.000600. The van der Waals surface area contributed by atoms with Crippen molar-refractivity contribution in [1.82, 2.24) is 5.32 Å². The highest BCUT2D eigenvalue weighted by atomic mass is 16.3. The number of nitrogens with two attached hydrogens (primary N) is 1. The van der Waals surface area contributed by atoms with Crippen molar-refractivity contribution < 1.29 is 9.90 Å². The number of amides is 1. The van der Waals surface area contributed by atoms with Crippen molar-refractivity contribution >= 4 is 5.91 Å². The molecule has 0 aliphatic heterocycles. The first-order chi connectivity index (χ1) is 11.9. The molecule has 0 aromatic rings. The summed E-state index contributed by atoms with van der Waals surface area (Å²) in [5, 5.41) is 12.6. The van der Waals surface area contributed by atoms with E-state index in [4.69, 9.17) is 5.73 Å². The second-order valence-corrected chi connectivity index (χ2v) is 7.75. The van der Waals surface area contributed by atoms with E-state index in [-0.39, 0.29) is 11.9 Å². The molecule has 0 aliphatic rings. The lowest BCUT2D eigenvalue weighted by atomic mass is 10.0. The van der Waals surface area contributed by atoms with Crippen LogP contribution in [0.15, 0.2) is 0 Å². The fraction of sp³-hybridized carbons (Fsp3) is 0.952. The summed E-state index contributed by atoms with van der Waals surface area (Å²) in [4.78, 5) is 11.9. The normalized spacial score (nSPS) is 14.9. The third kappa shape index (κ3) is 15.4. The van der Waals surface area contributed by atoms with Gasteiger partial charge in [-0.25, -0.2) is 0 Å². The number of unbranched alkanes of at least 4 members (excludes halogenated alkanes) is 12. The van der Waals surface area contributed by atoms with Gasteiger partial charge in [0.2, 0.25) is 5.91 Å². The molecule has 0 radical (unpaired) electrons. The predicted molar refractivity (Wildman–Crippen MR) is 107 cm³/mol. The lowest BCUT2D eigenvalue weighted by molar-refractivity contribution is -0.124. The Labute approximate surface area is 156 Å². The fourth-order valence-corrected chi connectivity index (χ4v) is 3.23. The molecule has 0 bridgehead atoms. The largest absolute Gasteiger partial charge is 0.374 e. The van der Waals surface area contributed by atoms with E-state index in [1.807, 2.05) is 6.92 Å². The third-order valence-electron chi connectivity index (χ3n) is 4.96. The van der Waals surface area contributed by atoms with Crippen molar-refractivity contribution in [3.05, 3.63) is 0 Å². The van der Waals surface area contributed by atoms with Crippen LogP contribution in [0.2, 0.25) is 0 Å². The van der Waals surface area contributed by atoms with Crippen molar-refractivity contribution in [2.75, 3.05) is 0 Å². The molecule has 4 nitrogen and oxygen atoms in total. The molecule has 0 aromatic carbocycles. The summed E-state index contributed by atoms with van der Waals surface area (Å²) in [6, 6.07) is -0.373. The summed E-state index contributed by atoms with van der Waals surface area (Å²) in [5.41, 5.74) is 4.31. The number of hydrogen-bond acceptors (Lipinski definition) is 3. The van der Waals surface area contributed by atoms with Gasteiger partial charge in [-0.3, -0.25) is 4.79 Å². The molecule has 0 aromatic heterocycles. The van der Waals surface area contributed by atoms with Crippen LogP contribution in [0.5, 0.6) is 0 Å². The maximum atomic E-state index is 11.9. The van der Waals surface area contributed by atoms with E-state index >= 15 is 0 Å². The molecule has 4 heteroatoms. The van der Waals surface area contributed by atoms with Gasteiger partial charge in [0.25, 0.3) is 0 Å². The van der Waals surface area contributed by atoms with Crippen LogP contribution in [0, 0.1) is 0 Å². The van der Waals surface area contributed by atoms with E-state index in [1.54, 1.807) is 0 Å². The highest BCUT2D eigenvalue weighted by molar-refractivity contribution is 5.76. The topological polar surface area (TPSA) is 75.4 Å². The van der Waals surface area contributed by atoms with Crippen LogP contribution in [0.3, 0.4) is 0 Å². The van der Waals surface area contributed by atoms with E-state index in [9.17, 15) is 9.90 Å². The number of nitrogens with one attached hydrogen (secondary N) is 1. The monoisotopic (exact) mass is 356 g/mol. The minimum Gasteiger partial charge on any atom is -0.374 e. The molecular weight excluding hydrogens is 312 g/mol. The van der Waals surface area contributed by atoms with E-state index < -0.39 is 5.72 Å². The van der Waals surface area contributed by atoms with Crippen molar-refractivity contribution in [2.24, 2.45) is 5.73 Å². The van der Waals surface area contributed by atoms with Gasteiger partial charge in [-0.05, 0) is 19.8 Å². The van der Waals surface area contributed by atoms with Gasteiger partial charge in [0.15, 0.2) is 0 Å². The first kappa shape index (κ1) is 24.4. The maximum absolute atomic E-state index is 11.9. The van der Waals surface area contributed by atoms with Crippen LogP contribution in [0.4, 0.5) is 0 Å². The number of rotatable bonds is 17. The van der Waals surface area contributed by atoms with Crippen molar-refractivity contribution in [1.29, 1.82) is 0 Å². The average Bonchev–Trinajstić information content (AvgIpc) is 2.55. The number of hydrogen-bond donors (Lipinski definition) is 3. The lowest BCUT2D eigenvalue weighted by Crippen LogP contribution is -2.56. The molecule has 0 saturated heterocycles. The van der Waals surface area contributed by atoms with Crippen LogP contribution in [0.1, 0.15) is 117 Å². The number of carbonyl (C=O) groups excluding carboxylic acids is 1. The summed E-state index contributed by atoms with van der Waals surface area (Å²) >= 11 is 0. The first-order valence-corrected chi connectivity index (χ1v) is 10.7. The van der Waals surface area contributed by atoms with Gasteiger partial charge in [0.1, 0.15) is 5.72 Å². The SMILES string of the molecule is CCCCCCCCCCCCCCCC(=O)NC(CC)C(C)(N)O. The summed E-state index contributed by atoms with van der Waals surface area (Å²) in [5.74, 6) is 0.000600. The summed E-state index contributed by atoms with van der Waals surface area (Å²) in [6.07, 6.45) is 18.1. The third-order valence-corrected chi connectivity index (χ3v) is 4.96. The van der Waals surface area contributed by atoms with E-state index in [2.05, 4.69) is 12.2 Å². The maximum Gasteiger partial charge on any atom is 0.220 e. The van der Waals surface area contributed by atoms with Crippen LogP contribution < -0.4 is 11.1 Å². The Morgan fingerprint density at radius 1 is 0.880 bits per heavy atom. The van der Waals surface area contributed by atoms with Gasteiger partial charge in [0, 0.05) is 6.42 Å². The zero-order valence-corrected chi connectivity index (χ0v) is 17.1. The van der Waals surface area contributed by atoms with E-state index in [0.717, 1.165) is 12.8 Å². The molecule has 0 spiro atoms. The van der Waals surface area contributed by atoms with Gasteiger partial charge in [-0.15, -0.1) is 0 Å². The van der Waals surface area contributed by atoms with Gasteiger partial charge in [-0.2, -0.15) is 0 Å². The minimum atomic E-state index is -1.35. The van der Waals surface area contributed by atoms with Crippen molar-refractivity contribution in [2.45, 2.75) is 129 Å². The van der Waals surface area contributed by atoms with Gasteiger partial charge < -0.3 is 16.2 Å². The van der Waals surface area contributed by atoms with E-state index in [1.165, 1.54) is 77.6 Å². The van der Waals surface area contributed by atoms with Crippen LogP contribution in [-0.2, 0) is 4.79 Å². The quantitative estimate of drug-likeness (QED) is 0.253. The molecule has 0 heterocycles. The first-order valence-electron chi connectivity index (χ1n) is 10.7. The Morgan fingerprint density at radius 2 is 1.28 bits per heavy atom. The standard InChI is InChI=1S/C21H44N2O2/c1-4-6-7-8-9-10-11-12-13-14-15-16-17-18-20(24)23-19(5-2)21(3,22)25/h19,25H,4-18,22H2,1-3H3,(H,23,24). The molecule has 2 unspecified atom stereocenters. The smallest absolute Gasteiger partial charge is 0.220 e. The molecule has 0 rings (SSSR count). The Hall–Kier alpha value is -0.610. The predicted octanol–water partition coefficient (Wildman–Crippen LogP) is 5.03. The van der Waals surface area contributed by atoms with Gasteiger partial charge in [0.05, 0.1) is 6.04 Å². The summed E-state index contributed by atoms with van der Waals surface area (Å²) in [7, 11) is 0. The summed E-state index contributed by atoms with van der Waals surface area (Å²) in [6.45, 7) is 5.71. The summed E-state index contributed by atoms with van der Waals surface area (Å²) < 4.78 is 0. The highest BCUT2D eigenvalue weighted by Crippen LogP contribution is 2.13. The van der Waals surface area contributed by atoms with Crippen LogP contribution >= 0.6 is 0 Å². The molecule has 150 valence electrons. The molecule has 1 amide bonds. The Morgan fingerprint density at radius 3 is 1.64 bits per heavy atom.